The fourth-order valence-corrected chi connectivity index (χ4v) is 5.06. The lowest BCUT2D eigenvalue weighted by Crippen LogP contribution is -2.45. The zero-order valence-corrected chi connectivity index (χ0v) is 15.4. The van der Waals surface area contributed by atoms with E-state index in [1.54, 1.807) is 23.1 Å². The molecule has 7 heteroatoms. The number of nitrogens with zero attached hydrogens (tertiary/aromatic N) is 3. The van der Waals surface area contributed by atoms with Gasteiger partial charge in [-0.05, 0) is 40.4 Å². The first-order valence-electron chi connectivity index (χ1n) is 6.81. The minimum atomic E-state index is -0.132. The molecular weight excluding hydrogens is 310 g/mol. The third-order valence-corrected chi connectivity index (χ3v) is 5.76. The number of aromatic nitrogens is 2. The Morgan fingerprint density at radius 2 is 1.70 bits per heavy atom. The van der Waals surface area contributed by atoms with Crippen LogP contribution in [0.15, 0.2) is 8.68 Å². The minimum absolute atomic E-state index is 0.132. The third kappa shape index (κ3) is 4.93. The van der Waals surface area contributed by atoms with E-state index in [0.29, 0.717) is 0 Å². The molecule has 0 spiro atoms. The van der Waals surface area contributed by atoms with E-state index in [1.165, 1.54) is 11.8 Å². The van der Waals surface area contributed by atoms with Crippen molar-refractivity contribution in [2.45, 2.75) is 67.6 Å². The lowest BCUT2D eigenvalue weighted by molar-refractivity contribution is -0.133. The van der Waals surface area contributed by atoms with Gasteiger partial charge in [0.2, 0.25) is 5.91 Å². The summed E-state index contributed by atoms with van der Waals surface area (Å²) in [4.78, 5) is 14.5. The molecule has 0 aliphatic carbocycles. The van der Waals surface area contributed by atoms with Gasteiger partial charge in [0.1, 0.15) is 0 Å². The normalized spacial score (nSPS) is 13.0. The van der Waals surface area contributed by atoms with Gasteiger partial charge in [-0.3, -0.25) is 4.79 Å². The summed E-state index contributed by atoms with van der Waals surface area (Å²) in [6.45, 7) is 12.2. The second-order valence-electron chi connectivity index (χ2n) is 4.96. The summed E-state index contributed by atoms with van der Waals surface area (Å²) in [5.74, 6) is 1.15. The van der Waals surface area contributed by atoms with Gasteiger partial charge >= 0.3 is 0 Å². The van der Waals surface area contributed by atoms with Gasteiger partial charge in [-0.25, -0.2) is 0 Å². The molecule has 0 N–H and O–H groups in total. The lowest BCUT2D eigenvalue weighted by Gasteiger charge is -2.32. The van der Waals surface area contributed by atoms with Crippen molar-refractivity contribution in [2.24, 2.45) is 0 Å². The molecule has 0 aliphatic rings. The van der Waals surface area contributed by atoms with E-state index in [-0.39, 0.29) is 23.2 Å². The second kappa shape index (κ2) is 8.24. The predicted octanol–water partition coefficient (Wildman–Crippen LogP) is 3.78. The quantitative estimate of drug-likeness (QED) is 0.711. The van der Waals surface area contributed by atoms with Crippen molar-refractivity contribution in [1.29, 1.82) is 0 Å². The number of carbonyl (C=O) groups is 1. The van der Waals surface area contributed by atoms with Crippen LogP contribution in [0.5, 0.6) is 0 Å². The molecule has 114 valence electrons. The number of thioether (sulfide) groups is 2. The van der Waals surface area contributed by atoms with E-state index in [4.69, 9.17) is 0 Å². The Morgan fingerprint density at radius 3 is 2.20 bits per heavy atom. The van der Waals surface area contributed by atoms with Gasteiger partial charge < -0.3 is 4.90 Å². The largest absolute Gasteiger partial charge is 0.337 e. The van der Waals surface area contributed by atoms with Gasteiger partial charge in [0, 0.05) is 12.1 Å². The summed E-state index contributed by atoms with van der Waals surface area (Å²) in [7, 11) is 0. The van der Waals surface area contributed by atoms with Crippen molar-refractivity contribution in [1.82, 2.24) is 15.1 Å². The highest BCUT2D eigenvalue weighted by Gasteiger charge is 2.26. The lowest BCUT2D eigenvalue weighted by atomic mass is 10.2. The van der Waals surface area contributed by atoms with Crippen LogP contribution in [0.2, 0.25) is 0 Å². The van der Waals surface area contributed by atoms with Crippen molar-refractivity contribution in [3.05, 3.63) is 0 Å². The Labute approximate surface area is 134 Å². The molecule has 1 aromatic rings. The van der Waals surface area contributed by atoms with Crippen LogP contribution in [0.1, 0.15) is 41.5 Å². The maximum atomic E-state index is 12.5. The topological polar surface area (TPSA) is 46.1 Å². The van der Waals surface area contributed by atoms with Crippen LogP contribution in [0, 0.1) is 0 Å². The number of hydrogen-bond acceptors (Lipinski definition) is 6. The van der Waals surface area contributed by atoms with Crippen LogP contribution in [0.3, 0.4) is 0 Å². The summed E-state index contributed by atoms with van der Waals surface area (Å²) < 4.78 is 1.84. The maximum absolute atomic E-state index is 12.5. The summed E-state index contributed by atoms with van der Waals surface area (Å²) in [5, 5.41) is 8.13. The van der Waals surface area contributed by atoms with Gasteiger partial charge in [0.05, 0.1) is 5.25 Å². The molecule has 0 aromatic carbocycles. The van der Waals surface area contributed by atoms with Gasteiger partial charge in [0.25, 0.3) is 0 Å². The summed E-state index contributed by atoms with van der Waals surface area (Å²) >= 11 is 4.75. The van der Waals surface area contributed by atoms with E-state index >= 15 is 0 Å². The first-order chi connectivity index (χ1) is 9.36. The van der Waals surface area contributed by atoms with Crippen LogP contribution in [-0.4, -0.2) is 44.1 Å². The highest BCUT2D eigenvalue weighted by atomic mass is 32.2. The van der Waals surface area contributed by atoms with Gasteiger partial charge in [-0.1, -0.05) is 41.8 Å². The number of hydrogen-bond donors (Lipinski definition) is 0. The molecule has 0 saturated heterocycles. The molecule has 0 saturated carbocycles. The number of amides is 1. The van der Waals surface area contributed by atoms with Crippen LogP contribution in [-0.2, 0) is 4.79 Å². The second-order valence-corrected chi connectivity index (χ2v) is 9.04. The average Bonchev–Trinajstić information content (AvgIpc) is 2.76. The van der Waals surface area contributed by atoms with Crippen molar-refractivity contribution in [3.8, 4) is 0 Å². The van der Waals surface area contributed by atoms with Crippen LogP contribution in [0.4, 0.5) is 0 Å². The van der Waals surface area contributed by atoms with Crippen molar-refractivity contribution in [2.75, 3.05) is 5.75 Å². The molecule has 20 heavy (non-hydrogen) atoms. The van der Waals surface area contributed by atoms with Crippen LogP contribution in [0.25, 0.3) is 0 Å². The molecule has 1 aromatic heterocycles. The van der Waals surface area contributed by atoms with E-state index in [2.05, 4.69) is 44.8 Å². The zero-order chi connectivity index (χ0) is 15.3. The zero-order valence-electron chi connectivity index (χ0n) is 12.9. The molecular formula is C13H23N3OS3. The van der Waals surface area contributed by atoms with Crippen molar-refractivity contribution >= 4 is 40.8 Å². The SMILES string of the molecule is CCSc1nnc(SC(C)C(=O)N(C(C)C)C(C)C)s1. The average molecular weight is 334 g/mol. The Morgan fingerprint density at radius 1 is 1.15 bits per heavy atom. The summed E-state index contributed by atoms with van der Waals surface area (Å²) in [6, 6.07) is 0.428. The Kier molecular flexibility index (Phi) is 7.33. The first kappa shape index (κ1) is 17.8. The number of rotatable bonds is 7. The van der Waals surface area contributed by atoms with Gasteiger partial charge in [-0.2, -0.15) is 0 Å². The monoisotopic (exact) mass is 333 g/mol. The third-order valence-electron chi connectivity index (χ3n) is 2.65. The Hall–Kier alpha value is -0.270. The maximum Gasteiger partial charge on any atom is 0.236 e. The highest BCUT2D eigenvalue weighted by molar-refractivity contribution is 8.03. The fourth-order valence-electron chi connectivity index (χ4n) is 1.94. The number of carbonyl (C=O) groups excluding carboxylic acids is 1. The predicted molar refractivity (Wildman–Crippen MR) is 88.7 cm³/mol. The summed E-state index contributed by atoms with van der Waals surface area (Å²) in [5.41, 5.74) is 0. The van der Waals surface area contributed by atoms with E-state index in [9.17, 15) is 4.79 Å². The van der Waals surface area contributed by atoms with Gasteiger partial charge in [-0.15, -0.1) is 10.2 Å². The Bertz CT molecular complexity index is 426. The molecule has 0 bridgehead atoms. The smallest absolute Gasteiger partial charge is 0.236 e. The Balaban J connectivity index is 2.68. The van der Waals surface area contributed by atoms with E-state index in [0.717, 1.165) is 14.4 Å². The molecule has 4 nitrogen and oxygen atoms in total. The van der Waals surface area contributed by atoms with Crippen molar-refractivity contribution < 1.29 is 4.79 Å². The highest BCUT2D eigenvalue weighted by Crippen LogP contribution is 2.32. The van der Waals surface area contributed by atoms with Crippen LogP contribution >= 0.6 is 34.9 Å². The van der Waals surface area contributed by atoms with Crippen LogP contribution < -0.4 is 0 Å². The van der Waals surface area contributed by atoms with E-state index in [1.807, 2.05) is 11.8 Å². The molecule has 1 rings (SSSR count). The standard InChI is InChI=1S/C13H23N3OS3/c1-7-18-12-14-15-13(20-12)19-10(6)11(17)16(8(2)3)9(4)5/h8-10H,7H2,1-6H3. The van der Waals surface area contributed by atoms with Crippen molar-refractivity contribution in [3.63, 3.8) is 0 Å². The first-order valence-corrected chi connectivity index (χ1v) is 9.50. The molecule has 1 atom stereocenters. The minimum Gasteiger partial charge on any atom is -0.337 e. The molecule has 1 amide bonds. The molecule has 0 aliphatic heterocycles. The summed E-state index contributed by atoms with van der Waals surface area (Å²) in [6.07, 6.45) is 0. The molecule has 0 radical (unpaired) electrons. The van der Waals surface area contributed by atoms with Gasteiger partial charge in [0.15, 0.2) is 8.68 Å². The molecule has 1 heterocycles. The fraction of sp³-hybridized carbons (Fsp3) is 0.769. The molecule has 1 unspecified atom stereocenters. The molecule has 0 fully saturated rings. The van der Waals surface area contributed by atoms with E-state index < -0.39 is 0 Å².